The molecule has 2 fully saturated rings. The van der Waals surface area contributed by atoms with E-state index >= 15 is 0 Å². The Bertz CT molecular complexity index is 453. The van der Waals surface area contributed by atoms with Crippen molar-refractivity contribution in [2.45, 2.75) is 37.6 Å². The zero-order valence-corrected chi connectivity index (χ0v) is 12.4. The lowest BCUT2D eigenvalue weighted by atomic mass is 10.0. The van der Waals surface area contributed by atoms with E-state index in [0.29, 0.717) is 17.1 Å². The molecule has 5 heteroatoms. The van der Waals surface area contributed by atoms with Crippen LogP contribution in [-0.4, -0.2) is 48.1 Å². The van der Waals surface area contributed by atoms with Gasteiger partial charge in [0, 0.05) is 25.1 Å². The first-order valence-electron chi connectivity index (χ1n) is 7.09. The van der Waals surface area contributed by atoms with Crippen molar-refractivity contribution < 1.29 is 0 Å². The van der Waals surface area contributed by atoms with Crippen molar-refractivity contribution in [2.24, 2.45) is 0 Å². The second kappa shape index (κ2) is 5.25. The van der Waals surface area contributed by atoms with Crippen LogP contribution in [0.4, 0.5) is 5.82 Å². The van der Waals surface area contributed by atoms with E-state index in [1.165, 1.54) is 25.7 Å². The fourth-order valence-electron chi connectivity index (χ4n) is 2.70. The van der Waals surface area contributed by atoms with Gasteiger partial charge in [-0.3, -0.25) is 0 Å². The van der Waals surface area contributed by atoms with Crippen LogP contribution in [0.2, 0.25) is 5.15 Å². The molecule has 0 unspecified atom stereocenters. The third kappa shape index (κ3) is 3.00. The number of hydrogen-bond acceptors (Lipinski definition) is 4. The van der Waals surface area contributed by atoms with E-state index in [9.17, 15) is 0 Å². The van der Waals surface area contributed by atoms with Gasteiger partial charge in [0.25, 0.3) is 0 Å². The van der Waals surface area contributed by atoms with Crippen LogP contribution in [0.25, 0.3) is 0 Å². The summed E-state index contributed by atoms with van der Waals surface area (Å²) in [5.41, 5.74) is 0. The highest BCUT2D eigenvalue weighted by Crippen LogP contribution is 2.39. The van der Waals surface area contributed by atoms with Gasteiger partial charge in [-0.1, -0.05) is 11.6 Å². The van der Waals surface area contributed by atoms with E-state index in [4.69, 9.17) is 16.6 Å². The zero-order valence-electron chi connectivity index (χ0n) is 11.6. The molecular formula is C14H21ClN4. The first-order valence-corrected chi connectivity index (χ1v) is 7.47. The highest BCUT2D eigenvalue weighted by molar-refractivity contribution is 6.29. The van der Waals surface area contributed by atoms with Crippen molar-refractivity contribution in [1.29, 1.82) is 0 Å². The van der Waals surface area contributed by atoms with Gasteiger partial charge in [-0.05, 0) is 45.8 Å². The number of likely N-dealkylation sites (tertiary alicyclic amines) is 1. The van der Waals surface area contributed by atoms with Gasteiger partial charge >= 0.3 is 0 Å². The number of piperidine rings is 1. The van der Waals surface area contributed by atoms with E-state index in [1.54, 1.807) is 0 Å². The molecule has 0 aromatic carbocycles. The van der Waals surface area contributed by atoms with Crippen LogP contribution < -0.4 is 4.90 Å². The lowest BCUT2D eigenvalue weighted by Crippen LogP contribution is -2.42. The summed E-state index contributed by atoms with van der Waals surface area (Å²) in [6.45, 7) is 2.31. The molecule has 4 nitrogen and oxygen atoms in total. The largest absolute Gasteiger partial charge is 0.356 e. The molecule has 0 atom stereocenters. The van der Waals surface area contributed by atoms with Gasteiger partial charge in [-0.2, -0.15) is 0 Å². The monoisotopic (exact) mass is 280 g/mol. The lowest BCUT2D eigenvalue weighted by molar-refractivity contribution is 0.252. The molecule has 1 aliphatic carbocycles. The minimum atomic E-state index is 0.545. The summed E-state index contributed by atoms with van der Waals surface area (Å²) in [6.07, 6.45) is 4.79. The molecule has 1 aliphatic heterocycles. The van der Waals surface area contributed by atoms with Crippen LogP contribution in [0.1, 0.15) is 37.4 Å². The maximum atomic E-state index is 6.14. The van der Waals surface area contributed by atoms with Crippen LogP contribution in [0, 0.1) is 0 Å². The Morgan fingerprint density at radius 2 is 1.89 bits per heavy atom. The van der Waals surface area contributed by atoms with E-state index in [1.807, 2.05) is 6.07 Å². The quantitative estimate of drug-likeness (QED) is 0.797. The molecule has 0 N–H and O–H groups in total. The summed E-state index contributed by atoms with van der Waals surface area (Å²) in [6, 6.07) is 2.46. The average Bonchev–Trinajstić information content (AvgIpc) is 3.22. The van der Waals surface area contributed by atoms with Gasteiger partial charge in [0.1, 0.15) is 16.8 Å². The Balaban J connectivity index is 1.76. The third-order valence-corrected chi connectivity index (χ3v) is 4.43. The highest BCUT2D eigenvalue weighted by atomic mass is 35.5. The fourth-order valence-corrected chi connectivity index (χ4v) is 2.88. The van der Waals surface area contributed by atoms with Gasteiger partial charge < -0.3 is 9.80 Å². The number of rotatable bonds is 3. The van der Waals surface area contributed by atoms with Gasteiger partial charge in [-0.25, -0.2) is 9.97 Å². The summed E-state index contributed by atoms with van der Waals surface area (Å²) in [4.78, 5) is 13.7. The Kier molecular flexibility index (Phi) is 3.63. The van der Waals surface area contributed by atoms with Gasteiger partial charge in [0.2, 0.25) is 0 Å². The summed E-state index contributed by atoms with van der Waals surface area (Å²) >= 11 is 6.14. The average molecular weight is 281 g/mol. The maximum Gasteiger partial charge on any atom is 0.135 e. The molecule has 104 valence electrons. The van der Waals surface area contributed by atoms with Crippen molar-refractivity contribution in [3.8, 4) is 0 Å². The topological polar surface area (TPSA) is 32.3 Å². The van der Waals surface area contributed by atoms with E-state index < -0.39 is 0 Å². The Labute approximate surface area is 119 Å². The first-order chi connectivity index (χ1) is 9.13. The molecule has 2 heterocycles. The molecule has 0 bridgehead atoms. The summed E-state index contributed by atoms with van der Waals surface area (Å²) in [5.74, 6) is 2.46. The van der Waals surface area contributed by atoms with Crippen LogP contribution in [0.3, 0.4) is 0 Å². The summed E-state index contributed by atoms with van der Waals surface area (Å²) < 4.78 is 0. The number of halogens is 1. The molecule has 2 aliphatic rings. The summed E-state index contributed by atoms with van der Waals surface area (Å²) in [7, 11) is 4.31. The van der Waals surface area contributed by atoms with Gasteiger partial charge in [0.15, 0.2) is 0 Å². The normalized spacial score (nSPS) is 21.6. The predicted molar refractivity (Wildman–Crippen MR) is 77.9 cm³/mol. The second-order valence-electron chi connectivity index (χ2n) is 5.83. The van der Waals surface area contributed by atoms with Crippen molar-refractivity contribution >= 4 is 17.4 Å². The van der Waals surface area contributed by atoms with Crippen LogP contribution in [0.5, 0.6) is 0 Å². The molecule has 1 aromatic heterocycles. The van der Waals surface area contributed by atoms with Crippen molar-refractivity contribution in [2.75, 3.05) is 32.1 Å². The maximum absolute atomic E-state index is 6.14. The van der Waals surface area contributed by atoms with Crippen LogP contribution in [-0.2, 0) is 0 Å². The molecule has 1 saturated heterocycles. The third-order valence-electron chi connectivity index (χ3n) is 4.24. The minimum Gasteiger partial charge on any atom is -0.356 e. The van der Waals surface area contributed by atoms with Crippen LogP contribution >= 0.6 is 11.6 Å². The van der Waals surface area contributed by atoms with E-state index in [2.05, 4.69) is 28.9 Å². The van der Waals surface area contributed by atoms with Gasteiger partial charge in [0.05, 0.1) is 0 Å². The number of aromatic nitrogens is 2. The summed E-state index contributed by atoms with van der Waals surface area (Å²) in [5, 5.41) is 0.576. The second-order valence-corrected chi connectivity index (χ2v) is 6.21. The standard InChI is InChI=1S/C14H21ClN4/c1-18-7-5-11(6-8-18)19(2)13-9-12(15)16-14(17-13)10-3-4-10/h9-11H,3-8H2,1-2H3. The molecule has 3 rings (SSSR count). The zero-order chi connectivity index (χ0) is 13.4. The Morgan fingerprint density at radius 1 is 1.21 bits per heavy atom. The van der Waals surface area contributed by atoms with Crippen LogP contribution in [0.15, 0.2) is 6.07 Å². The Morgan fingerprint density at radius 3 is 2.53 bits per heavy atom. The molecule has 1 saturated carbocycles. The molecule has 0 amide bonds. The molecule has 19 heavy (non-hydrogen) atoms. The Hall–Kier alpha value is -0.870. The highest BCUT2D eigenvalue weighted by Gasteiger charge is 2.28. The minimum absolute atomic E-state index is 0.545. The smallest absolute Gasteiger partial charge is 0.135 e. The molecule has 0 spiro atoms. The lowest BCUT2D eigenvalue weighted by Gasteiger charge is -2.35. The molecule has 1 aromatic rings. The number of nitrogens with zero attached hydrogens (tertiary/aromatic N) is 4. The van der Waals surface area contributed by atoms with Crippen molar-refractivity contribution in [1.82, 2.24) is 14.9 Å². The molecule has 0 radical (unpaired) electrons. The predicted octanol–water partition coefficient (Wildman–Crippen LogP) is 2.54. The SMILES string of the molecule is CN1CCC(N(C)c2cc(Cl)nc(C3CC3)n2)CC1. The van der Waals surface area contributed by atoms with E-state index in [0.717, 1.165) is 24.7 Å². The first kappa shape index (κ1) is 13.1. The number of hydrogen-bond donors (Lipinski definition) is 0. The molecular weight excluding hydrogens is 260 g/mol. The van der Waals surface area contributed by atoms with Crippen molar-refractivity contribution in [3.63, 3.8) is 0 Å². The van der Waals surface area contributed by atoms with Crippen molar-refractivity contribution in [3.05, 3.63) is 17.0 Å². The van der Waals surface area contributed by atoms with E-state index in [-0.39, 0.29) is 0 Å². The van der Waals surface area contributed by atoms with Gasteiger partial charge in [-0.15, -0.1) is 0 Å². The fraction of sp³-hybridized carbons (Fsp3) is 0.714. The number of anilines is 1.